The molecule has 2 heterocycles. The molecule has 3 N–H and O–H groups in total. The van der Waals surface area contributed by atoms with Crippen molar-refractivity contribution < 1.29 is 4.74 Å². The maximum atomic E-state index is 5.90. The summed E-state index contributed by atoms with van der Waals surface area (Å²) >= 11 is 0. The first-order valence-corrected chi connectivity index (χ1v) is 8.30. The Morgan fingerprint density at radius 3 is 2.73 bits per heavy atom. The van der Waals surface area contributed by atoms with Crippen LogP contribution in [0.25, 0.3) is 16.8 Å². The molecule has 26 heavy (non-hydrogen) atoms. The van der Waals surface area contributed by atoms with Gasteiger partial charge in [0.1, 0.15) is 11.6 Å². The Morgan fingerprint density at radius 1 is 1.12 bits per heavy atom. The number of nitrogens with zero attached hydrogens (tertiary/aromatic N) is 3. The highest BCUT2D eigenvalue weighted by Crippen LogP contribution is 2.26. The molecule has 6 nitrogen and oxygen atoms in total. The predicted octanol–water partition coefficient (Wildman–Crippen LogP) is 3.60. The first-order valence-electron chi connectivity index (χ1n) is 8.30. The fourth-order valence-corrected chi connectivity index (χ4v) is 2.87. The number of rotatable bonds is 5. The van der Waals surface area contributed by atoms with Gasteiger partial charge in [0.25, 0.3) is 0 Å². The smallest absolute Gasteiger partial charge is 0.165 e. The van der Waals surface area contributed by atoms with Crippen molar-refractivity contribution in [1.82, 2.24) is 14.6 Å². The summed E-state index contributed by atoms with van der Waals surface area (Å²) in [7, 11) is 1.66. The lowest BCUT2D eigenvalue weighted by Crippen LogP contribution is -2.05. The third kappa shape index (κ3) is 3.04. The summed E-state index contributed by atoms with van der Waals surface area (Å²) in [5.74, 6) is 1.72. The molecule has 0 spiro atoms. The SMILES string of the molecule is COc1ccc(CNc2ccnc3c(-c4cccc(N)c4)cnn23)cc1. The Balaban J connectivity index is 1.62. The van der Waals surface area contributed by atoms with Gasteiger partial charge in [-0.3, -0.25) is 0 Å². The lowest BCUT2D eigenvalue weighted by molar-refractivity contribution is 0.414. The maximum absolute atomic E-state index is 5.90. The molecule has 0 atom stereocenters. The molecule has 0 amide bonds. The molecule has 0 saturated heterocycles. The Hall–Kier alpha value is -3.54. The van der Waals surface area contributed by atoms with E-state index in [-0.39, 0.29) is 0 Å². The van der Waals surface area contributed by atoms with Gasteiger partial charge in [0.05, 0.1) is 13.3 Å². The van der Waals surface area contributed by atoms with Crippen molar-refractivity contribution in [2.24, 2.45) is 0 Å². The summed E-state index contributed by atoms with van der Waals surface area (Å²) in [5, 5.41) is 7.91. The highest BCUT2D eigenvalue weighted by atomic mass is 16.5. The summed E-state index contributed by atoms with van der Waals surface area (Å²) in [4.78, 5) is 4.49. The zero-order chi connectivity index (χ0) is 17.9. The molecule has 130 valence electrons. The number of nitrogens with one attached hydrogen (secondary N) is 1. The van der Waals surface area contributed by atoms with Crippen molar-refractivity contribution in [2.45, 2.75) is 6.54 Å². The molecule has 0 fully saturated rings. The second-order valence-corrected chi connectivity index (χ2v) is 5.95. The molecule has 2 aromatic carbocycles. The van der Waals surface area contributed by atoms with E-state index in [4.69, 9.17) is 10.5 Å². The van der Waals surface area contributed by atoms with Crippen molar-refractivity contribution in [3.05, 3.63) is 72.6 Å². The monoisotopic (exact) mass is 345 g/mol. The quantitative estimate of drug-likeness (QED) is 0.540. The van der Waals surface area contributed by atoms with E-state index < -0.39 is 0 Å². The number of ether oxygens (including phenoxy) is 1. The number of hydrogen-bond donors (Lipinski definition) is 2. The fourth-order valence-electron chi connectivity index (χ4n) is 2.87. The van der Waals surface area contributed by atoms with Crippen LogP contribution >= 0.6 is 0 Å². The van der Waals surface area contributed by atoms with Gasteiger partial charge < -0.3 is 15.8 Å². The van der Waals surface area contributed by atoms with Gasteiger partial charge in [-0.15, -0.1) is 0 Å². The van der Waals surface area contributed by atoms with Gasteiger partial charge in [-0.1, -0.05) is 24.3 Å². The van der Waals surface area contributed by atoms with Crippen molar-refractivity contribution in [3.63, 3.8) is 0 Å². The maximum Gasteiger partial charge on any atom is 0.165 e. The number of benzene rings is 2. The molecule has 0 aliphatic rings. The molecular weight excluding hydrogens is 326 g/mol. The number of hydrogen-bond acceptors (Lipinski definition) is 5. The van der Waals surface area contributed by atoms with Gasteiger partial charge >= 0.3 is 0 Å². The van der Waals surface area contributed by atoms with Crippen LogP contribution in [-0.4, -0.2) is 21.7 Å². The van der Waals surface area contributed by atoms with E-state index in [0.29, 0.717) is 6.54 Å². The first kappa shape index (κ1) is 16.0. The van der Waals surface area contributed by atoms with Crippen LogP contribution in [0.4, 0.5) is 11.5 Å². The van der Waals surface area contributed by atoms with Gasteiger partial charge in [0, 0.05) is 24.0 Å². The number of methoxy groups -OCH3 is 1. The summed E-state index contributed by atoms with van der Waals surface area (Å²) in [6.45, 7) is 0.677. The molecule has 0 unspecified atom stereocenters. The van der Waals surface area contributed by atoms with Crippen molar-refractivity contribution >= 4 is 17.2 Å². The van der Waals surface area contributed by atoms with E-state index in [2.05, 4.69) is 15.4 Å². The van der Waals surface area contributed by atoms with E-state index in [1.54, 1.807) is 13.3 Å². The lowest BCUT2D eigenvalue weighted by Gasteiger charge is -2.09. The minimum atomic E-state index is 0.677. The zero-order valence-electron chi connectivity index (χ0n) is 14.4. The van der Waals surface area contributed by atoms with Crippen molar-refractivity contribution in [1.29, 1.82) is 0 Å². The number of fused-ring (bicyclic) bond motifs is 1. The van der Waals surface area contributed by atoms with Crippen LogP contribution < -0.4 is 15.8 Å². The summed E-state index contributed by atoms with van der Waals surface area (Å²) in [6.07, 6.45) is 3.60. The Morgan fingerprint density at radius 2 is 1.96 bits per heavy atom. The van der Waals surface area contributed by atoms with E-state index in [9.17, 15) is 0 Å². The summed E-state index contributed by atoms with van der Waals surface area (Å²) < 4.78 is 7.00. The lowest BCUT2D eigenvalue weighted by atomic mass is 10.1. The largest absolute Gasteiger partial charge is 0.497 e. The molecule has 0 radical (unpaired) electrons. The van der Waals surface area contributed by atoms with Gasteiger partial charge in [-0.25, -0.2) is 4.98 Å². The minimum Gasteiger partial charge on any atom is -0.497 e. The molecule has 0 saturated carbocycles. The Bertz CT molecular complexity index is 1040. The van der Waals surface area contributed by atoms with Crippen LogP contribution in [0.5, 0.6) is 5.75 Å². The van der Waals surface area contributed by atoms with Gasteiger partial charge in [-0.2, -0.15) is 9.61 Å². The van der Waals surface area contributed by atoms with Crippen LogP contribution in [0, 0.1) is 0 Å². The molecule has 2 aromatic heterocycles. The molecule has 6 heteroatoms. The second-order valence-electron chi connectivity index (χ2n) is 5.95. The third-order valence-electron chi connectivity index (χ3n) is 4.23. The number of nitrogens with two attached hydrogens (primary N) is 1. The van der Waals surface area contributed by atoms with Crippen LogP contribution in [0.2, 0.25) is 0 Å². The molecule has 4 aromatic rings. The predicted molar refractivity (Wildman–Crippen MR) is 103 cm³/mol. The van der Waals surface area contributed by atoms with Crippen LogP contribution in [0.15, 0.2) is 67.0 Å². The number of anilines is 2. The molecule has 0 aliphatic carbocycles. The van der Waals surface area contributed by atoms with Crippen LogP contribution in [0.3, 0.4) is 0 Å². The average Bonchev–Trinajstić information content (AvgIpc) is 3.11. The zero-order valence-corrected chi connectivity index (χ0v) is 14.4. The topological polar surface area (TPSA) is 77.5 Å². The van der Waals surface area contributed by atoms with E-state index in [1.807, 2.05) is 65.3 Å². The molecule has 0 bridgehead atoms. The van der Waals surface area contributed by atoms with Crippen LogP contribution in [0.1, 0.15) is 5.56 Å². The highest BCUT2D eigenvalue weighted by molar-refractivity contribution is 5.79. The van der Waals surface area contributed by atoms with Gasteiger partial charge in [0.2, 0.25) is 0 Å². The Kier molecular flexibility index (Phi) is 4.15. The van der Waals surface area contributed by atoms with Crippen molar-refractivity contribution in [3.8, 4) is 16.9 Å². The second kappa shape index (κ2) is 6.76. The standard InChI is InChI=1S/C20H19N5O/c1-26-17-7-5-14(6-8-17)12-23-19-9-10-22-20-18(13-24-25(19)20)15-3-2-4-16(21)11-15/h2-11,13,23H,12,21H2,1H3. The van der Waals surface area contributed by atoms with Crippen LogP contribution in [-0.2, 0) is 6.54 Å². The molecule has 0 aliphatic heterocycles. The van der Waals surface area contributed by atoms with E-state index in [1.165, 1.54) is 0 Å². The average molecular weight is 345 g/mol. The summed E-state index contributed by atoms with van der Waals surface area (Å²) in [6, 6.07) is 17.6. The van der Waals surface area contributed by atoms with E-state index >= 15 is 0 Å². The summed E-state index contributed by atoms with van der Waals surface area (Å²) in [5.41, 5.74) is 10.5. The van der Waals surface area contributed by atoms with Gasteiger partial charge in [-0.05, 0) is 41.5 Å². The van der Waals surface area contributed by atoms with E-state index in [0.717, 1.165) is 39.6 Å². The number of aromatic nitrogens is 3. The van der Waals surface area contributed by atoms with Crippen molar-refractivity contribution in [2.75, 3.05) is 18.2 Å². The normalized spacial score (nSPS) is 10.8. The Labute approximate surface area is 151 Å². The first-order chi connectivity index (χ1) is 12.7. The molecule has 4 rings (SSSR count). The van der Waals surface area contributed by atoms with Gasteiger partial charge in [0.15, 0.2) is 5.65 Å². The minimum absolute atomic E-state index is 0.677. The number of nitrogen functional groups attached to an aromatic ring is 1. The highest BCUT2D eigenvalue weighted by Gasteiger charge is 2.10. The fraction of sp³-hybridized carbons (Fsp3) is 0.100. The molecular formula is C20H19N5O. The third-order valence-corrected chi connectivity index (χ3v) is 4.23.